The SMILES string of the molecule is CCCNC1CN(C(=O)OCc2ccccc2)C1. The Morgan fingerprint density at radius 3 is 2.78 bits per heavy atom. The van der Waals surface area contributed by atoms with E-state index in [1.807, 2.05) is 30.3 Å². The quantitative estimate of drug-likeness (QED) is 0.866. The lowest BCUT2D eigenvalue weighted by Crippen LogP contribution is -2.59. The number of ether oxygens (including phenoxy) is 1. The summed E-state index contributed by atoms with van der Waals surface area (Å²) >= 11 is 0. The molecule has 1 aliphatic heterocycles. The van der Waals surface area contributed by atoms with Gasteiger partial charge in [-0.05, 0) is 18.5 Å². The van der Waals surface area contributed by atoms with Gasteiger partial charge in [0, 0.05) is 19.1 Å². The van der Waals surface area contributed by atoms with Gasteiger partial charge in [0.25, 0.3) is 0 Å². The van der Waals surface area contributed by atoms with Gasteiger partial charge in [-0.2, -0.15) is 0 Å². The van der Waals surface area contributed by atoms with Crippen LogP contribution in [0.25, 0.3) is 0 Å². The largest absolute Gasteiger partial charge is 0.445 e. The van der Waals surface area contributed by atoms with E-state index in [2.05, 4.69) is 12.2 Å². The van der Waals surface area contributed by atoms with E-state index in [1.165, 1.54) is 0 Å². The van der Waals surface area contributed by atoms with Crippen molar-refractivity contribution in [1.82, 2.24) is 10.2 Å². The fourth-order valence-corrected chi connectivity index (χ4v) is 1.92. The zero-order valence-electron chi connectivity index (χ0n) is 10.8. The van der Waals surface area contributed by atoms with Gasteiger partial charge in [0.15, 0.2) is 0 Å². The molecule has 2 rings (SSSR count). The number of nitrogens with zero attached hydrogens (tertiary/aromatic N) is 1. The maximum Gasteiger partial charge on any atom is 0.410 e. The first-order valence-electron chi connectivity index (χ1n) is 6.48. The molecule has 0 radical (unpaired) electrons. The van der Waals surface area contributed by atoms with Gasteiger partial charge in [-0.25, -0.2) is 4.79 Å². The molecule has 0 aromatic heterocycles. The smallest absolute Gasteiger partial charge is 0.410 e. The van der Waals surface area contributed by atoms with Crippen molar-refractivity contribution in [3.05, 3.63) is 35.9 Å². The summed E-state index contributed by atoms with van der Waals surface area (Å²) in [5.41, 5.74) is 1.02. The van der Waals surface area contributed by atoms with Crippen LogP contribution in [0.3, 0.4) is 0 Å². The molecule has 0 spiro atoms. The second kappa shape index (κ2) is 6.40. The summed E-state index contributed by atoms with van der Waals surface area (Å²) in [6.07, 6.45) is 0.906. The predicted molar refractivity (Wildman–Crippen MR) is 70.3 cm³/mol. The second-order valence-electron chi connectivity index (χ2n) is 4.60. The molecule has 0 saturated carbocycles. The van der Waals surface area contributed by atoms with Crippen LogP contribution in [0.5, 0.6) is 0 Å². The third-order valence-corrected chi connectivity index (χ3v) is 3.03. The first kappa shape index (κ1) is 12.9. The average molecular weight is 248 g/mol. The van der Waals surface area contributed by atoms with Crippen molar-refractivity contribution in [1.29, 1.82) is 0 Å². The van der Waals surface area contributed by atoms with Crippen LogP contribution in [0.4, 0.5) is 4.79 Å². The van der Waals surface area contributed by atoms with Crippen LogP contribution in [0.15, 0.2) is 30.3 Å². The van der Waals surface area contributed by atoms with Crippen molar-refractivity contribution >= 4 is 6.09 Å². The monoisotopic (exact) mass is 248 g/mol. The van der Waals surface area contributed by atoms with E-state index in [4.69, 9.17) is 4.74 Å². The minimum Gasteiger partial charge on any atom is -0.445 e. The van der Waals surface area contributed by atoms with Gasteiger partial charge in [0.1, 0.15) is 6.61 Å². The highest BCUT2D eigenvalue weighted by molar-refractivity contribution is 5.68. The van der Waals surface area contributed by atoms with Gasteiger partial charge in [-0.3, -0.25) is 0 Å². The van der Waals surface area contributed by atoms with E-state index in [1.54, 1.807) is 4.90 Å². The van der Waals surface area contributed by atoms with Crippen LogP contribution in [0.2, 0.25) is 0 Å². The van der Waals surface area contributed by atoms with E-state index in [0.717, 1.165) is 31.6 Å². The van der Waals surface area contributed by atoms with E-state index in [0.29, 0.717) is 12.6 Å². The molecule has 1 heterocycles. The molecule has 0 unspecified atom stereocenters. The summed E-state index contributed by atoms with van der Waals surface area (Å²) in [4.78, 5) is 13.4. The van der Waals surface area contributed by atoms with E-state index in [9.17, 15) is 4.79 Å². The van der Waals surface area contributed by atoms with Crippen LogP contribution in [0.1, 0.15) is 18.9 Å². The summed E-state index contributed by atoms with van der Waals surface area (Å²) in [5.74, 6) is 0. The highest BCUT2D eigenvalue weighted by atomic mass is 16.6. The highest BCUT2D eigenvalue weighted by Gasteiger charge is 2.30. The van der Waals surface area contributed by atoms with Gasteiger partial charge in [-0.15, -0.1) is 0 Å². The maximum atomic E-state index is 11.7. The van der Waals surface area contributed by atoms with Gasteiger partial charge >= 0.3 is 6.09 Å². The minimum atomic E-state index is -0.214. The highest BCUT2D eigenvalue weighted by Crippen LogP contribution is 2.11. The lowest BCUT2D eigenvalue weighted by molar-refractivity contribution is 0.0604. The Morgan fingerprint density at radius 1 is 1.39 bits per heavy atom. The van der Waals surface area contributed by atoms with Crippen LogP contribution in [0, 0.1) is 0 Å². The molecule has 0 aliphatic carbocycles. The molecular formula is C14H20N2O2. The number of carbonyl (C=O) groups excluding carboxylic acids is 1. The number of benzene rings is 1. The van der Waals surface area contributed by atoms with Gasteiger partial charge in [0.2, 0.25) is 0 Å². The Morgan fingerprint density at radius 2 is 2.11 bits per heavy atom. The molecule has 18 heavy (non-hydrogen) atoms. The van der Waals surface area contributed by atoms with Gasteiger partial charge < -0.3 is 15.0 Å². The zero-order chi connectivity index (χ0) is 12.8. The standard InChI is InChI=1S/C14H20N2O2/c1-2-8-15-13-9-16(10-13)14(17)18-11-12-6-4-3-5-7-12/h3-7,13,15H,2,8-11H2,1H3. The summed E-state index contributed by atoms with van der Waals surface area (Å²) < 4.78 is 5.24. The third-order valence-electron chi connectivity index (χ3n) is 3.03. The molecule has 1 aliphatic rings. The Labute approximate surface area is 108 Å². The molecule has 1 saturated heterocycles. The van der Waals surface area contributed by atoms with Crippen molar-refractivity contribution in [2.45, 2.75) is 26.0 Å². The zero-order valence-corrected chi connectivity index (χ0v) is 10.8. The molecule has 1 amide bonds. The molecule has 1 N–H and O–H groups in total. The van der Waals surface area contributed by atoms with Crippen LogP contribution in [-0.2, 0) is 11.3 Å². The fourth-order valence-electron chi connectivity index (χ4n) is 1.92. The fraction of sp³-hybridized carbons (Fsp3) is 0.500. The second-order valence-corrected chi connectivity index (χ2v) is 4.60. The van der Waals surface area contributed by atoms with Crippen molar-refractivity contribution < 1.29 is 9.53 Å². The average Bonchev–Trinajstić information content (AvgIpc) is 2.36. The van der Waals surface area contributed by atoms with Crippen LogP contribution in [-0.4, -0.2) is 36.7 Å². The molecule has 98 valence electrons. The van der Waals surface area contributed by atoms with Crippen molar-refractivity contribution in [2.75, 3.05) is 19.6 Å². The van der Waals surface area contributed by atoms with Gasteiger partial charge in [0.05, 0.1) is 0 Å². The number of likely N-dealkylation sites (tertiary alicyclic amines) is 1. The number of rotatable bonds is 5. The summed E-state index contributed by atoms with van der Waals surface area (Å²) in [6.45, 7) is 5.01. The van der Waals surface area contributed by atoms with Crippen LogP contribution >= 0.6 is 0 Å². The van der Waals surface area contributed by atoms with Crippen molar-refractivity contribution in [3.63, 3.8) is 0 Å². The summed E-state index contributed by atoms with van der Waals surface area (Å²) in [5, 5.41) is 3.38. The Hall–Kier alpha value is -1.55. The van der Waals surface area contributed by atoms with E-state index in [-0.39, 0.29) is 6.09 Å². The Kier molecular flexibility index (Phi) is 4.59. The minimum absolute atomic E-state index is 0.214. The molecular weight excluding hydrogens is 228 g/mol. The first-order chi connectivity index (χ1) is 8.79. The van der Waals surface area contributed by atoms with Crippen molar-refractivity contribution in [3.8, 4) is 0 Å². The lowest BCUT2D eigenvalue weighted by atomic mass is 10.1. The number of nitrogens with one attached hydrogen (secondary N) is 1. The van der Waals surface area contributed by atoms with E-state index < -0.39 is 0 Å². The molecule has 0 atom stereocenters. The normalized spacial score (nSPS) is 15.3. The molecule has 1 aromatic carbocycles. The van der Waals surface area contributed by atoms with Crippen LogP contribution < -0.4 is 5.32 Å². The summed E-state index contributed by atoms with van der Waals surface area (Å²) in [7, 11) is 0. The number of amides is 1. The number of hydrogen-bond acceptors (Lipinski definition) is 3. The topological polar surface area (TPSA) is 41.6 Å². The molecule has 1 fully saturated rings. The molecule has 0 bridgehead atoms. The van der Waals surface area contributed by atoms with Crippen molar-refractivity contribution in [2.24, 2.45) is 0 Å². The first-order valence-corrected chi connectivity index (χ1v) is 6.48. The summed E-state index contributed by atoms with van der Waals surface area (Å²) in [6, 6.07) is 10.2. The molecule has 1 aromatic rings. The Balaban J connectivity index is 1.65. The van der Waals surface area contributed by atoms with Gasteiger partial charge in [-0.1, -0.05) is 37.3 Å². The molecule has 4 heteroatoms. The Bertz CT molecular complexity index is 375. The third kappa shape index (κ3) is 3.47. The number of hydrogen-bond donors (Lipinski definition) is 1. The molecule has 4 nitrogen and oxygen atoms in total. The van der Waals surface area contributed by atoms with E-state index >= 15 is 0 Å². The number of carbonyl (C=O) groups is 1. The maximum absolute atomic E-state index is 11.7. The lowest BCUT2D eigenvalue weighted by Gasteiger charge is -2.38. The predicted octanol–water partition coefficient (Wildman–Crippen LogP) is 2.01.